The van der Waals surface area contributed by atoms with Gasteiger partial charge in [0.15, 0.2) is 0 Å². The van der Waals surface area contributed by atoms with Gasteiger partial charge in [0.1, 0.15) is 18.7 Å². The minimum Gasteiger partial charge on any atom is -0.445 e. The third-order valence-electron chi connectivity index (χ3n) is 4.87. The predicted molar refractivity (Wildman–Crippen MR) is 113 cm³/mol. The number of aromatic nitrogens is 2. The summed E-state index contributed by atoms with van der Waals surface area (Å²) in [5.74, 6) is -2.53. The summed E-state index contributed by atoms with van der Waals surface area (Å²) in [6, 6.07) is 7.00. The average molecular weight is 439 g/mol. The maximum atomic E-state index is 12.9. The number of nitrogens with one attached hydrogen (secondary N) is 3. The van der Waals surface area contributed by atoms with Crippen molar-refractivity contribution in [3.63, 3.8) is 0 Å². The standard InChI is InChI=1S/C22H25N5O5/c1-13(2)18(27-22(31)32-12-14-6-4-3-5-7-14)20(29)26-17-8-15-9-23-10-16(25-15)11-24-21(30)19(17)28/h3-7,9-10,13,17-18H,8,11-12H2,1-2H3,(H,24,30)(H,26,29)(H,27,31). The Kier molecular flexibility index (Phi) is 7.48. The van der Waals surface area contributed by atoms with Gasteiger partial charge in [-0.05, 0) is 11.5 Å². The van der Waals surface area contributed by atoms with E-state index in [1.807, 2.05) is 30.3 Å². The molecule has 32 heavy (non-hydrogen) atoms. The van der Waals surface area contributed by atoms with Crippen molar-refractivity contribution < 1.29 is 23.9 Å². The lowest BCUT2D eigenvalue weighted by Gasteiger charge is -2.24. The number of Topliss-reactive ketones (excluding diaryl/α,β-unsaturated/α-hetero) is 1. The zero-order valence-electron chi connectivity index (χ0n) is 17.8. The third-order valence-corrected chi connectivity index (χ3v) is 4.87. The Morgan fingerprint density at radius 2 is 1.88 bits per heavy atom. The number of ether oxygens (including phenoxy) is 1. The molecule has 2 unspecified atom stereocenters. The van der Waals surface area contributed by atoms with Gasteiger partial charge >= 0.3 is 6.09 Å². The summed E-state index contributed by atoms with van der Waals surface area (Å²) in [5.41, 5.74) is 1.78. The number of alkyl carbamates (subject to hydrolysis) is 1. The second kappa shape index (κ2) is 10.5. The number of fused-ring (bicyclic) bond motifs is 2. The Labute approximate surface area is 185 Å². The third kappa shape index (κ3) is 6.10. The van der Waals surface area contributed by atoms with Gasteiger partial charge in [0.05, 0.1) is 24.1 Å². The first-order valence-corrected chi connectivity index (χ1v) is 10.2. The number of nitrogens with zero attached hydrogens (tertiary/aromatic N) is 2. The van der Waals surface area contributed by atoms with Crippen LogP contribution in [0.15, 0.2) is 42.7 Å². The van der Waals surface area contributed by atoms with Crippen molar-refractivity contribution >= 4 is 23.7 Å². The molecule has 1 aliphatic rings. The highest BCUT2D eigenvalue weighted by atomic mass is 16.5. The maximum absolute atomic E-state index is 12.9. The van der Waals surface area contributed by atoms with Crippen molar-refractivity contribution in [1.29, 1.82) is 0 Å². The monoisotopic (exact) mass is 439 g/mol. The number of carbonyl (C=O) groups excluding carboxylic acids is 4. The second-order valence-corrected chi connectivity index (χ2v) is 7.74. The molecule has 2 aromatic rings. The first kappa shape index (κ1) is 22.9. The van der Waals surface area contributed by atoms with Crippen molar-refractivity contribution in [1.82, 2.24) is 25.9 Å². The highest BCUT2D eigenvalue weighted by Crippen LogP contribution is 2.09. The highest BCUT2D eigenvalue weighted by molar-refractivity contribution is 6.38. The van der Waals surface area contributed by atoms with Gasteiger partial charge in [-0.25, -0.2) is 4.79 Å². The van der Waals surface area contributed by atoms with Crippen LogP contribution in [-0.4, -0.2) is 45.7 Å². The van der Waals surface area contributed by atoms with Crippen LogP contribution >= 0.6 is 0 Å². The van der Waals surface area contributed by atoms with Crippen LogP contribution in [0.25, 0.3) is 0 Å². The SMILES string of the molecule is CC(C)C(NC(=O)OCc1ccccc1)C(=O)NC1Cc2cncc(n2)CNC(=O)C1=O. The van der Waals surface area contributed by atoms with Crippen LogP contribution in [0.1, 0.15) is 30.8 Å². The van der Waals surface area contributed by atoms with Crippen molar-refractivity contribution in [2.24, 2.45) is 5.92 Å². The van der Waals surface area contributed by atoms with Crippen molar-refractivity contribution in [3.05, 3.63) is 59.7 Å². The molecule has 0 fully saturated rings. The van der Waals surface area contributed by atoms with Crippen molar-refractivity contribution in [3.8, 4) is 0 Å². The largest absolute Gasteiger partial charge is 0.445 e. The smallest absolute Gasteiger partial charge is 0.408 e. The Hall–Kier alpha value is -3.82. The van der Waals surface area contributed by atoms with Gasteiger partial charge in [0.2, 0.25) is 11.7 Å². The molecule has 10 heteroatoms. The van der Waals surface area contributed by atoms with Crippen LogP contribution in [0.3, 0.4) is 0 Å². The predicted octanol–water partition coefficient (Wildman–Crippen LogP) is 0.654. The molecule has 1 aromatic carbocycles. The summed E-state index contributed by atoms with van der Waals surface area (Å²) in [6.07, 6.45) is 2.21. The molecular weight excluding hydrogens is 414 g/mol. The molecular formula is C22H25N5O5. The minimum absolute atomic E-state index is 0.00209. The van der Waals surface area contributed by atoms with E-state index >= 15 is 0 Å². The fourth-order valence-electron chi connectivity index (χ4n) is 3.16. The van der Waals surface area contributed by atoms with Gasteiger partial charge in [-0.3, -0.25) is 24.4 Å². The molecule has 3 amide bonds. The average Bonchev–Trinajstić information content (AvgIpc) is 2.82. The molecule has 168 valence electrons. The number of amides is 3. The lowest BCUT2D eigenvalue weighted by Crippen LogP contribution is -2.56. The lowest BCUT2D eigenvalue weighted by atomic mass is 10.0. The summed E-state index contributed by atoms with van der Waals surface area (Å²) in [4.78, 5) is 58.3. The van der Waals surface area contributed by atoms with Gasteiger partial charge in [-0.15, -0.1) is 0 Å². The van der Waals surface area contributed by atoms with Crippen LogP contribution in [0, 0.1) is 5.92 Å². The molecule has 3 N–H and O–H groups in total. The normalized spacial score (nSPS) is 16.8. The first-order chi connectivity index (χ1) is 15.3. The lowest BCUT2D eigenvalue weighted by molar-refractivity contribution is -0.140. The van der Waals surface area contributed by atoms with E-state index in [1.54, 1.807) is 13.8 Å². The number of carbonyl (C=O) groups is 4. The molecule has 3 rings (SSSR count). The number of rotatable bonds is 6. The molecule has 2 bridgehead atoms. The molecule has 0 radical (unpaired) electrons. The molecule has 2 atom stereocenters. The molecule has 1 aromatic heterocycles. The summed E-state index contributed by atoms with van der Waals surface area (Å²) in [7, 11) is 0. The van der Waals surface area contributed by atoms with E-state index in [1.165, 1.54) is 12.4 Å². The summed E-state index contributed by atoms with van der Waals surface area (Å²) < 4.78 is 5.19. The van der Waals surface area contributed by atoms with Crippen LogP contribution in [0.4, 0.5) is 4.79 Å². The second-order valence-electron chi connectivity index (χ2n) is 7.74. The first-order valence-electron chi connectivity index (χ1n) is 10.2. The van der Waals surface area contributed by atoms with Gasteiger partial charge < -0.3 is 20.7 Å². The van der Waals surface area contributed by atoms with E-state index in [4.69, 9.17) is 4.74 Å². The number of hydrogen-bond donors (Lipinski definition) is 3. The van der Waals surface area contributed by atoms with E-state index in [0.29, 0.717) is 11.4 Å². The summed E-state index contributed by atoms with van der Waals surface area (Å²) in [6.45, 7) is 3.60. The molecule has 0 aliphatic carbocycles. The van der Waals surface area contributed by atoms with Gasteiger partial charge in [-0.1, -0.05) is 44.2 Å². The zero-order chi connectivity index (χ0) is 23.1. The Balaban J connectivity index is 1.66. The van der Waals surface area contributed by atoms with Crippen molar-refractivity contribution in [2.75, 3.05) is 0 Å². The highest BCUT2D eigenvalue weighted by Gasteiger charge is 2.33. The number of hydrogen-bond acceptors (Lipinski definition) is 7. The van der Waals surface area contributed by atoms with E-state index in [-0.39, 0.29) is 25.5 Å². The molecule has 0 saturated heterocycles. The van der Waals surface area contributed by atoms with Gasteiger partial charge in [-0.2, -0.15) is 0 Å². The fraction of sp³-hybridized carbons (Fsp3) is 0.364. The minimum atomic E-state index is -1.14. The van der Waals surface area contributed by atoms with Crippen LogP contribution in [-0.2, 0) is 38.7 Å². The quantitative estimate of drug-likeness (QED) is 0.562. The zero-order valence-corrected chi connectivity index (χ0v) is 17.8. The van der Waals surface area contributed by atoms with E-state index in [9.17, 15) is 19.2 Å². The van der Waals surface area contributed by atoms with Crippen LogP contribution in [0.5, 0.6) is 0 Å². The fourth-order valence-corrected chi connectivity index (χ4v) is 3.16. The number of benzene rings is 1. The molecule has 1 aliphatic heterocycles. The topological polar surface area (TPSA) is 139 Å². The Morgan fingerprint density at radius 3 is 2.59 bits per heavy atom. The van der Waals surface area contributed by atoms with Crippen LogP contribution < -0.4 is 16.0 Å². The summed E-state index contributed by atoms with van der Waals surface area (Å²) >= 11 is 0. The van der Waals surface area contributed by atoms with Crippen LogP contribution in [0.2, 0.25) is 0 Å². The van der Waals surface area contributed by atoms with Gasteiger partial charge in [0, 0.05) is 12.6 Å². The maximum Gasteiger partial charge on any atom is 0.408 e. The molecule has 0 spiro atoms. The molecule has 2 heterocycles. The Morgan fingerprint density at radius 1 is 1.16 bits per heavy atom. The molecule has 10 nitrogen and oxygen atoms in total. The van der Waals surface area contributed by atoms with Crippen molar-refractivity contribution in [2.45, 2.75) is 45.5 Å². The van der Waals surface area contributed by atoms with E-state index in [2.05, 4.69) is 25.9 Å². The molecule has 0 saturated carbocycles. The summed E-state index contributed by atoms with van der Waals surface area (Å²) in [5, 5.41) is 7.58. The van der Waals surface area contributed by atoms with E-state index < -0.39 is 35.8 Å². The van der Waals surface area contributed by atoms with Gasteiger partial charge in [0.25, 0.3) is 5.91 Å². The Bertz CT molecular complexity index is 995. The van der Waals surface area contributed by atoms with E-state index in [0.717, 1.165) is 5.56 Å². The number of ketones is 1.